The molecule has 0 bridgehead atoms. The summed E-state index contributed by atoms with van der Waals surface area (Å²) in [5.41, 5.74) is 10.2. The molecule has 98 valence electrons. The number of aryl methyl sites for hydroxylation is 3. The molecule has 2 aromatic rings. The van der Waals surface area contributed by atoms with Gasteiger partial charge in [0.15, 0.2) is 0 Å². The Balaban J connectivity index is 1.93. The highest BCUT2D eigenvalue weighted by atomic mass is 16.5. The molecule has 0 spiro atoms. The minimum Gasteiger partial charge on any atom is -0.437 e. The highest BCUT2D eigenvalue weighted by molar-refractivity contribution is 5.39. The molecule has 4 nitrogen and oxygen atoms in total. The van der Waals surface area contributed by atoms with Crippen molar-refractivity contribution in [1.82, 2.24) is 9.97 Å². The predicted molar refractivity (Wildman–Crippen MR) is 73.2 cm³/mol. The number of fused-ring (bicyclic) bond motifs is 1. The van der Waals surface area contributed by atoms with Gasteiger partial charge in [0.25, 0.3) is 0 Å². The summed E-state index contributed by atoms with van der Waals surface area (Å²) in [4.78, 5) is 8.83. The Hall–Kier alpha value is -1.94. The Bertz CT molecular complexity index is 593. The Morgan fingerprint density at radius 1 is 1.32 bits per heavy atom. The van der Waals surface area contributed by atoms with Crippen molar-refractivity contribution in [2.45, 2.75) is 32.7 Å². The maximum atomic E-state index is 5.83. The predicted octanol–water partition coefficient (Wildman–Crippen LogP) is 2.52. The number of hydrogen-bond acceptors (Lipinski definition) is 4. The number of hydrogen-bond donors (Lipinski definition) is 1. The van der Waals surface area contributed by atoms with Crippen LogP contribution in [0.3, 0.4) is 0 Å². The van der Waals surface area contributed by atoms with Crippen molar-refractivity contribution >= 4 is 0 Å². The summed E-state index contributed by atoms with van der Waals surface area (Å²) in [6.45, 7) is 2.39. The van der Waals surface area contributed by atoms with E-state index in [-0.39, 0.29) is 0 Å². The summed E-state index contributed by atoms with van der Waals surface area (Å²) in [5, 5.41) is 0. The number of nitrogens with two attached hydrogens (primary N) is 1. The lowest BCUT2D eigenvalue weighted by molar-refractivity contribution is 0.452. The van der Waals surface area contributed by atoms with Crippen molar-refractivity contribution in [3.8, 4) is 11.6 Å². The first-order chi connectivity index (χ1) is 9.26. The Kier molecular flexibility index (Phi) is 3.17. The summed E-state index contributed by atoms with van der Waals surface area (Å²) in [5.74, 6) is 1.32. The van der Waals surface area contributed by atoms with E-state index in [0.717, 1.165) is 29.8 Å². The van der Waals surface area contributed by atoms with Crippen LogP contribution < -0.4 is 10.5 Å². The van der Waals surface area contributed by atoms with Gasteiger partial charge in [0.1, 0.15) is 5.75 Å². The SMILES string of the molecule is Cc1ccc(Oc2nc3c(cc2CN)CCC3)cn1. The molecule has 2 heterocycles. The van der Waals surface area contributed by atoms with Crippen LogP contribution >= 0.6 is 0 Å². The quantitative estimate of drug-likeness (QED) is 0.915. The molecular formula is C15H17N3O. The molecule has 19 heavy (non-hydrogen) atoms. The average Bonchev–Trinajstić information content (AvgIpc) is 2.87. The lowest BCUT2D eigenvalue weighted by Crippen LogP contribution is -2.04. The van der Waals surface area contributed by atoms with E-state index in [4.69, 9.17) is 10.5 Å². The van der Waals surface area contributed by atoms with Gasteiger partial charge in [-0.25, -0.2) is 4.98 Å². The zero-order valence-corrected chi connectivity index (χ0v) is 11.0. The third-order valence-corrected chi connectivity index (χ3v) is 3.41. The molecule has 3 rings (SSSR count). The normalized spacial score (nSPS) is 13.4. The molecule has 0 saturated carbocycles. The zero-order valence-electron chi connectivity index (χ0n) is 11.0. The largest absolute Gasteiger partial charge is 0.437 e. The molecule has 1 aliphatic rings. The fraction of sp³-hybridized carbons (Fsp3) is 0.333. The molecule has 0 unspecified atom stereocenters. The summed E-state index contributed by atoms with van der Waals surface area (Å²) >= 11 is 0. The number of nitrogens with zero attached hydrogens (tertiary/aromatic N) is 2. The smallest absolute Gasteiger partial charge is 0.224 e. The molecule has 0 aromatic carbocycles. The topological polar surface area (TPSA) is 61.0 Å². The summed E-state index contributed by atoms with van der Waals surface area (Å²) in [7, 11) is 0. The molecule has 0 aliphatic heterocycles. The molecular weight excluding hydrogens is 238 g/mol. The first-order valence-corrected chi connectivity index (χ1v) is 6.58. The Labute approximate surface area is 112 Å². The third kappa shape index (κ3) is 2.44. The van der Waals surface area contributed by atoms with E-state index < -0.39 is 0 Å². The van der Waals surface area contributed by atoms with Crippen LogP contribution in [0.4, 0.5) is 0 Å². The molecule has 0 amide bonds. The van der Waals surface area contributed by atoms with Gasteiger partial charge in [0.2, 0.25) is 5.88 Å². The van der Waals surface area contributed by atoms with Crippen LogP contribution in [0, 0.1) is 6.92 Å². The summed E-state index contributed by atoms with van der Waals surface area (Å²) < 4.78 is 5.83. The van der Waals surface area contributed by atoms with Gasteiger partial charge in [-0.05, 0) is 49.9 Å². The second kappa shape index (κ2) is 4.97. The number of rotatable bonds is 3. The molecule has 0 radical (unpaired) electrons. The van der Waals surface area contributed by atoms with Gasteiger partial charge in [-0.1, -0.05) is 0 Å². The fourth-order valence-electron chi connectivity index (χ4n) is 2.36. The Morgan fingerprint density at radius 2 is 2.21 bits per heavy atom. The van der Waals surface area contributed by atoms with Crippen LogP contribution in [0.1, 0.15) is 28.9 Å². The Morgan fingerprint density at radius 3 is 2.95 bits per heavy atom. The molecule has 2 N–H and O–H groups in total. The first-order valence-electron chi connectivity index (χ1n) is 6.58. The number of pyridine rings is 2. The van der Waals surface area contributed by atoms with E-state index in [2.05, 4.69) is 16.0 Å². The van der Waals surface area contributed by atoms with Crippen molar-refractivity contribution in [2.75, 3.05) is 0 Å². The summed E-state index contributed by atoms with van der Waals surface area (Å²) in [6.07, 6.45) is 5.01. The van der Waals surface area contributed by atoms with Gasteiger partial charge < -0.3 is 10.5 Å². The van der Waals surface area contributed by atoms with Crippen LogP contribution in [-0.2, 0) is 19.4 Å². The van der Waals surface area contributed by atoms with Crippen molar-refractivity contribution in [3.63, 3.8) is 0 Å². The van der Waals surface area contributed by atoms with Gasteiger partial charge in [-0.3, -0.25) is 4.98 Å². The molecule has 4 heteroatoms. The van der Waals surface area contributed by atoms with E-state index in [1.807, 2.05) is 19.1 Å². The van der Waals surface area contributed by atoms with Gasteiger partial charge in [0.05, 0.1) is 6.20 Å². The molecule has 2 aromatic heterocycles. The second-order valence-corrected chi connectivity index (χ2v) is 4.85. The van der Waals surface area contributed by atoms with E-state index in [9.17, 15) is 0 Å². The van der Waals surface area contributed by atoms with Crippen molar-refractivity contribution in [1.29, 1.82) is 0 Å². The lowest BCUT2D eigenvalue weighted by atomic mass is 10.1. The van der Waals surface area contributed by atoms with Crippen LogP contribution in [0.5, 0.6) is 11.6 Å². The van der Waals surface area contributed by atoms with E-state index >= 15 is 0 Å². The zero-order chi connectivity index (χ0) is 13.2. The van der Waals surface area contributed by atoms with E-state index in [0.29, 0.717) is 18.2 Å². The van der Waals surface area contributed by atoms with Crippen LogP contribution in [0.2, 0.25) is 0 Å². The third-order valence-electron chi connectivity index (χ3n) is 3.41. The highest BCUT2D eigenvalue weighted by Gasteiger charge is 2.17. The van der Waals surface area contributed by atoms with Crippen LogP contribution in [-0.4, -0.2) is 9.97 Å². The molecule has 1 aliphatic carbocycles. The highest BCUT2D eigenvalue weighted by Crippen LogP contribution is 2.29. The molecule has 0 fully saturated rings. The first kappa shape index (κ1) is 12.1. The standard InChI is InChI=1S/C15H17N3O/c1-10-5-6-13(9-17-10)19-15-12(8-16)7-11-3-2-4-14(11)18-15/h5-7,9H,2-4,8,16H2,1H3. The van der Waals surface area contributed by atoms with Crippen molar-refractivity contribution in [3.05, 3.63) is 46.9 Å². The number of ether oxygens (including phenoxy) is 1. The minimum atomic E-state index is 0.439. The lowest BCUT2D eigenvalue weighted by Gasteiger charge is -2.11. The van der Waals surface area contributed by atoms with Crippen LogP contribution in [0.15, 0.2) is 24.4 Å². The maximum absolute atomic E-state index is 5.83. The van der Waals surface area contributed by atoms with Gasteiger partial charge in [-0.15, -0.1) is 0 Å². The average molecular weight is 255 g/mol. The van der Waals surface area contributed by atoms with Crippen molar-refractivity contribution in [2.24, 2.45) is 5.73 Å². The molecule has 0 saturated heterocycles. The second-order valence-electron chi connectivity index (χ2n) is 4.85. The minimum absolute atomic E-state index is 0.439. The van der Waals surface area contributed by atoms with Gasteiger partial charge in [-0.2, -0.15) is 0 Å². The van der Waals surface area contributed by atoms with Gasteiger partial charge in [0, 0.05) is 23.5 Å². The van der Waals surface area contributed by atoms with Gasteiger partial charge >= 0.3 is 0 Å². The monoisotopic (exact) mass is 255 g/mol. The molecule has 0 atom stereocenters. The number of aromatic nitrogens is 2. The van der Waals surface area contributed by atoms with Crippen molar-refractivity contribution < 1.29 is 4.74 Å². The van der Waals surface area contributed by atoms with E-state index in [1.54, 1.807) is 6.20 Å². The van der Waals surface area contributed by atoms with Crippen LogP contribution in [0.25, 0.3) is 0 Å². The maximum Gasteiger partial charge on any atom is 0.224 e. The summed E-state index contributed by atoms with van der Waals surface area (Å²) in [6, 6.07) is 5.95. The van der Waals surface area contributed by atoms with E-state index in [1.165, 1.54) is 12.0 Å². The fourth-order valence-corrected chi connectivity index (χ4v) is 2.36.